The first kappa shape index (κ1) is 25.4. The van der Waals surface area contributed by atoms with Gasteiger partial charge in [0.05, 0.1) is 6.04 Å². The van der Waals surface area contributed by atoms with Crippen LogP contribution in [0.5, 0.6) is 0 Å². The Morgan fingerprint density at radius 3 is 2.52 bits per heavy atom. The van der Waals surface area contributed by atoms with E-state index in [1.807, 2.05) is 25.5 Å². The number of guanidine groups is 1. The molecule has 2 N–H and O–H groups in total. The second-order valence-electron chi connectivity index (χ2n) is 6.83. The van der Waals surface area contributed by atoms with E-state index in [-0.39, 0.29) is 30.0 Å². The summed E-state index contributed by atoms with van der Waals surface area (Å²) >= 11 is 0. The zero-order valence-electron chi connectivity index (χ0n) is 18.2. The minimum Gasteiger partial charge on any atom is -0.382 e. The number of benzene rings is 1. The van der Waals surface area contributed by atoms with Crippen LogP contribution in [0.25, 0.3) is 0 Å². The molecule has 1 aromatic heterocycles. The Kier molecular flexibility index (Phi) is 11.8. The van der Waals surface area contributed by atoms with Crippen LogP contribution in [0.3, 0.4) is 0 Å². The number of aliphatic imine (C=N–C) groups is 1. The minimum absolute atomic E-state index is 0. The summed E-state index contributed by atoms with van der Waals surface area (Å²) in [5.41, 5.74) is 2.58. The van der Waals surface area contributed by atoms with Crippen LogP contribution >= 0.6 is 24.0 Å². The maximum absolute atomic E-state index is 5.41. The second-order valence-corrected chi connectivity index (χ2v) is 6.83. The fraction of sp³-hybridized carbons (Fsp3) is 0.571. The lowest BCUT2D eigenvalue weighted by Crippen LogP contribution is -2.39. The molecule has 1 unspecified atom stereocenters. The molecule has 29 heavy (non-hydrogen) atoms. The van der Waals surface area contributed by atoms with Gasteiger partial charge in [0.15, 0.2) is 11.8 Å². The molecule has 1 aromatic carbocycles. The van der Waals surface area contributed by atoms with Gasteiger partial charge in [0.25, 0.3) is 0 Å². The standard InChI is InChI=1S/C21H34N6O.HI/c1-6-18-9-11-19(12-10-18)16(3)24-21(22-13-8-14-28-7-2)23-15-20-26-25-17(4)27(20)5;/h9-12,16H,6-8,13-15H2,1-5H3,(H2,22,23,24);1H. The monoisotopic (exact) mass is 514 g/mol. The number of rotatable bonds is 10. The van der Waals surface area contributed by atoms with Crippen molar-refractivity contribution in [2.45, 2.75) is 53.1 Å². The van der Waals surface area contributed by atoms with Gasteiger partial charge in [-0.15, -0.1) is 34.2 Å². The normalized spacial score (nSPS) is 12.4. The number of nitrogens with one attached hydrogen (secondary N) is 2. The van der Waals surface area contributed by atoms with Crippen molar-refractivity contribution in [2.75, 3.05) is 19.8 Å². The van der Waals surface area contributed by atoms with Crippen molar-refractivity contribution in [2.24, 2.45) is 12.0 Å². The van der Waals surface area contributed by atoms with E-state index in [2.05, 4.69) is 58.9 Å². The third kappa shape index (κ3) is 8.30. The van der Waals surface area contributed by atoms with Gasteiger partial charge < -0.3 is 19.9 Å². The molecule has 0 fully saturated rings. The maximum atomic E-state index is 5.41. The van der Waals surface area contributed by atoms with Crippen molar-refractivity contribution in [3.05, 3.63) is 47.0 Å². The van der Waals surface area contributed by atoms with E-state index in [9.17, 15) is 0 Å². The zero-order valence-corrected chi connectivity index (χ0v) is 20.6. The van der Waals surface area contributed by atoms with Crippen LogP contribution < -0.4 is 10.6 Å². The number of nitrogens with zero attached hydrogens (tertiary/aromatic N) is 4. The quantitative estimate of drug-likeness (QED) is 0.220. The average Bonchev–Trinajstić information content (AvgIpc) is 3.03. The highest BCUT2D eigenvalue weighted by atomic mass is 127. The highest BCUT2D eigenvalue weighted by Gasteiger charge is 2.10. The van der Waals surface area contributed by atoms with E-state index in [1.165, 1.54) is 11.1 Å². The van der Waals surface area contributed by atoms with Crippen LogP contribution in [0.1, 0.15) is 56.0 Å². The lowest BCUT2D eigenvalue weighted by molar-refractivity contribution is 0.145. The molecule has 0 aliphatic rings. The molecule has 0 spiro atoms. The summed E-state index contributed by atoms with van der Waals surface area (Å²) in [5.74, 6) is 2.49. The molecule has 0 bridgehead atoms. The van der Waals surface area contributed by atoms with Crippen LogP contribution in [-0.4, -0.2) is 40.5 Å². The van der Waals surface area contributed by atoms with E-state index < -0.39 is 0 Å². The van der Waals surface area contributed by atoms with Crippen LogP contribution in [0.4, 0.5) is 0 Å². The summed E-state index contributed by atoms with van der Waals surface area (Å²) in [7, 11) is 1.96. The molecule has 8 heteroatoms. The molecular formula is C21H35IN6O. The predicted octanol–water partition coefficient (Wildman–Crippen LogP) is 3.53. The van der Waals surface area contributed by atoms with Gasteiger partial charge in [0, 0.05) is 26.8 Å². The van der Waals surface area contributed by atoms with Crippen LogP contribution in [0.2, 0.25) is 0 Å². The number of hydrogen-bond acceptors (Lipinski definition) is 4. The van der Waals surface area contributed by atoms with Gasteiger partial charge in [0.2, 0.25) is 0 Å². The van der Waals surface area contributed by atoms with E-state index in [1.54, 1.807) is 0 Å². The predicted molar refractivity (Wildman–Crippen MR) is 129 cm³/mol. The number of ether oxygens (including phenoxy) is 1. The largest absolute Gasteiger partial charge is 0.382 e. The molecule has 162 valence electrons. The molecule has 0 aliphatic heterocycles. The highest BCUT2D eigenvalue weighted by Crippen LogP contribution is 2.13. The molecule has 0 saturated heterocycles. The molecule has 2 aromatic rings. The van der Waals surface area contributed by atoms with E-state index in [0.29, 0.717) is 6.54 Å². The Bertz CT molecular complexity index is 744. The second kappa shape index (κ2) is 13.5. The van der Waals surface area contributed by atoms with Gasteiger partial charge in [-0.2, -0.15) is 0 Å². The van der Waals surface area contributed by atoms with Gasteiger partial charge >= 0.3 is 0 Å². The molecule has 0 saturated carbocycles. The lowest BCUT2D eigenvalue weighted by Gasteiger charge is -2.19. The maximum Gasteiger partial charge on any atom is 0.192 e. The molecule has 1 atom stereocenters. The fourth-order valence-electron chi connectivity index (χ4n) is 2.75. The Hall–Kier alpha value is -1.68. The van der Waals surface area contributed by atoms with Gasteiger partial charge in [-0.25, -0.2) is 4.99 Å². The van der Waals surface area contributed by atoms with Gasteiger partial charge in [-0.1, -0.05) is 31.2 Å². The van der Waals surface area contributed by atoms with Crippen molar-refractivity contribution in [1.29, 1.82) is 0 Å². The van der Waals surface area contributed by atoms with Gasteiger partial charge in [-0.05, 0) is 44.7 Å². The lowest BCUT2D eigenvalue weighted by atomic mass is 10.1. The molecule has 0 aliphatic carbocycles. The molecule has 0 radical (unpaired) electrons. The smallest absolute Gasteiger partial charge is 0.192 e. The first-order valence-corrected chi connectivity index (χ1v) is 10.1. The van der Waals surface area contributed by atoms with Gasteiger partial charge in [-0.3, -0.25) is 0 Å². The molecule has 7 nitrogen and oxygen atoms in total. The van der Waals surface area contributed by atoms with Crippen LogP contribution in [0.15, 0.2) is 29.3 Å². The third-order valence-electron chi connectivity index (χ3n) is 4.76. The van der Waals surface area contributed by atoms with Crippen molar-refractivity contribution in [3.8, 4) is 0 Å². The first-order chi connectivity index (χ1) is 13.5. The number of aromatic nitrogens is 3. The van der Waals surface area contributed by atoms with Crippen molar-refractivity contribution in [1.82, 2.24) is 25.4 Å². The zero-order chi connectivity index (χ0) is 20.4. The topological polar surface area (TPSA) is 76.4 Å². The Balaban J connectivity index is 0.00000420. The average molecular weight is 514 g/mol. The summed E-state index contributed by atoms with van der Waals surface area (Å²) < 4.78 is 7.37. The molecule has 1 heterocycles. The van der Waals surface area contributed by atoms with E-state index in [4.69, 9.17) is 9.73 Å². The fourth-order valence-corrected chi connectivity index (χ4v) is 2.75. The number of halogens is 1. The molecule has 2 rings (SSSR count). The summed E-state index contributed by atoms with van der Waals surface area (Å²) in [6.07, 6.45) is 1.98. The first-order valence-electron chi connectivity index (χ1n) is 10.1. The Labute approximate surface area is 191 Å². The molecule has 0 amide bonds. The van der Waals surface area contributed by atoms with Crippen molar-refractivity contribution in [3.63, 3.8) is 0 Å². The summed E-state index contributed by atoms with van der Waals surface area (Å²) in [6.45, 7) is 11.0. The molecular weight excluding hydrogens is 479 g/mol. The third-order valence-corrected chi connectivity index (χ3v) is 4.76. The van der Waals surface area contributed by atoms with Gasteiger partial charge in [0.1, 0.15) is 12.4 Å². The van der Waals surface area contributed by atoms with E-state index >= 15 is 0 Å². The van der Waals surface area contributed by atoms with E-state index in [0.717, 1.165) is 50.2 Å². The van der Waals surface area contributed by atoms with Crippen molar-refractivity contribution < 1.29 is 4.74 Å². The van der Waals surface area contributed by atoms with Crippen molar-refractivity contribution >= 4 is 29.9 Å². The highest BCUT2D eigenvalue weighted by molar-refractivity contribution is 14.0. The summed E-state index contributed by atoms with van der Waals surface area (Å²) in [6, 6.07) is 8.86. The Morgan fingerprint density at radius 1 is 1.21 bits per heavy atom. The Morgan fingerprint density at radius 2 is 1.93 bits per heavy atom. The number of aryl methyl sites for hydroxylation is 2. The SMILES string of the molecule is CCOCCCNC(=NCc1nnc(C)n1C)NC(C)c1ccc(CC)cc1.I. The minimum atomic E-state index is 0. The number of hydrogen-bond donors (Lipinski definition) is 2. The van der Waals surface area contributed by atoms with Crippen LogP contribution in [0, 0.1) is 6.92 Å². The summed E-state index contributed by atoms with van der Waals surface area (Å²) in [4.78, 5) is 4.72. The van der Waals surface area contributed by atoms with Crippen LogP contribution in [-0.2, 0) is 24.8 Å². The summed E-state index contributed by atoms with van der Waals surface area (Å²) in [5, 5.41) is 15.2.